The third-order valence-corrected chi connectivity index (χ3v) is 5.81. The van der Waals surface area contributed by atoms with E-state index in [2.05, 4.69) is 22.0 Å². The van der Waals surface area contributed by atoms with Crippen LogP contribution in [0.4, 0.5) is 0 Å². The zero-order valence-corrected chi connectivity index (χ0v) is 11.7. The molecule has 3 rings (SSSR count). The smallest absolute Gasteiger partial charge is 0.0340 e. The van der Waals surface area contributed by atoms with Gasteiger partial charge in [-0.25, -0.2) is 0 Å². The topological polar surface area (TPSA) is 15.3 Å². The van der Waals surface area contributed by atoms with E-state index in [-0.39, 0.29) is 0 Å². The molecule has 0 bridgehead atoms. The van der Waals surface area contributed by atoms with Gasteiger partial charge in [-0.15, -0.1) is 0 Å². The van der Waals surface area contributed by atoms with Gasteiger partial charge < -0.3 is 5.32 Å². The Balaban J connectivity index is 1.56. The minimum absolute atomic E-state index is 0.791. The summed E-state index contributed by atoms with van der Waals surface area (Å²) in [6, 6.07) is 2.46. The quantitative estimate of drug-likeness (QED) is 0.815. The molecule has 0 amide bonds. The van der Waals surface area contributed by atoms with Crippen LogP contribution in [0.1, 0.15) is 44.9 Å². The molecule has 0 spiro atoms. The van der Waals surface area contributed by atoms with Crippen LogP contribution in [0, 0.1) is 0 Å². The van der Waals surface area contributed by atoms with Gasteiger partial charge in [0.2, 0.25) is 0 Å². The molecule has 0 aromatic heterocycles. The molecule has 0 aromatic rings. The minimum atomic E-state index is 0.791. The Bertz CT molecular complexity index is 238. The monoisotopic (exact) mass is 254 g/mol. The lowest BCUT2D eigenvalue weighted by Crippen LogP contribution is -2.59. The molecule has 3 aliphatic rings. The average molecular weight is 254 g/mol. The molecule has 2 nitrogen and oxygen atoms in total. The summed E-state index contributed by atoms with van der Waals surface area (Å²) in [5.74, 6) is 2.72. The summed E-state index contributed by atoms with van der Waals surface area (Å²) in [4.78, 5) is 2.75. The van der Waals surface area contributed by atoms with Gasteiger partial charge in [0.1, 0.15) is 0 Å². The van der Waals surface area contributed by atoms with Gasteiger partial charge in [0.25, 0.3) is 0 Å². The maximum absolute atomic E-state index is 4.00. The van der Waals surface area contributed by atoms with Crippen molar-refractivity contribution in [1.82, 2.24) is 10.2 Å². The molecule has 1 aliphatic carbocycles. The molecule has 2 aliphatic heterocycles. The minimum Gasteiger partial charge on any atom is -0.310 e. The van der Waals surface area contributed by atoms with Crippen LogP contribution >= 0.6 is 11.8 Å². The predicted molar refractivity (Wildman–Crippen MR) is 75.7 cm³/mol. The molecule has 2 heterocycles. The number of rotatable bonds is 2. The summed E-state index contributed by atoms with van der Waals surface area (Å²) in [5, 5.41) is 4.00. The van der Waals surface area contributed by atoms with Crippen molar-refractivity contribution in [2.75, 3.05) is 24.6 Å². The third-order valence-electron chi connectivity index (χ3n) is 4.76. The van der Waals surface area contributed by atoms with E-state index in [0.29, 0.717) is 0 Å². The first-order valence-electron chi connectivity index (χ1n) is 7.51. The number of nitrogens with one attached hydrogen (secondary N) is 1. The van der Waals surface area contributed by atoms with Crippen molar-refractivity contribution in [3.63, 3.8) is 0 Å². The zero-order chi connectivity index (χ0) is 11.5. The Labute approximate surface area is 110 Å². The van der Waals surface area contributed by atoms with Crippen LogP contribution < -0.4 is 5.32 Å². The highest BCUT2D eigenvalue weighted by atomic mass is 32.2. The van der Waals surface area contributed by atoms with Gasteiger partial charge in [0.15, 0.2) is 0 Å². The summed E-state index contributed by atoms with van der Waals surface area (Å²) in [5.41, 5.74) is 0. The van der Waals surface area contributed by atoms with Crippen LogP contribution in [-0.2, 0) is 0 Å². The lowest BCUT2D eigenvalue weighted by atomic mass is 9.91. The zero-order valence-electron chi connectivity index (χ0n) is 10.9. The highest BCUT2D eigenvalue weighted by Crippen LogP contribution is 2.27. The van der Waals surface area contributed by atoms with Gasteiger partial charge in [-0.1, -0.05) is 19.3 Å². The average Bonchev–Trinajstić information content (AvgIpc) is 2.40. The van der Waals surface area contributed by atoms with Crippen molar-refractivity contribution in [3.8, 4) is 0 Å². The first-order chi connectivity index (χ1) is 8.43. The lowest BCUT2D eigenvalue weighted by Gasteiger charge is -2.45. The molecular formula is C14H26N2S. The van der Waals surface area contributed by atoms with Crippen molar-refractivity contribution in [3.05, 3.63) is 0 Å². The van der Waals surface area contributed by atoms with Crippen LogP contribution in [0.3, 0.4) is 0 Å². The van der Waals surface area contributed by atoms with Crippen LogP contribution in [0.5, 0.6) is 0 Å². The first kappa shape index (κ1) is 12.3. The highest BCUT2D eigenvalue weighted by Gasteiger charge is 2.34. The van der Waals surface area contributed by atoms with E-state index in [9.17, 15) is 0 Å². The molecular weight excluding hydrogens is 228 g/mol. The maximum Gasteiger partial charge on any atom is 0.0340 e. The van der Waals surface area contributed by atoms with E-state index < -0.39 is 0 Å². The molecule has 2 unspecified atom stereocenters. The molecule has 0 radical (unpaired) electrons. The van der Waals surface area contributed by atoms with Crippen LogP contribution in [0.25, 0.3) is 0 Å². The molecule has 17 heavy (non-hydrogen) atoms. The van der Waals surface area contributed by atoms with Crippen LogP contribution in [0.15, 0.2) is 0 Å². The molecule has 2 atom stereocenters. The number of nitrogens with zero attached hydrogens (tertiary/aromatic N) is 1. The molecule has 1 N–H and O–H groups in total. The highest BCUT2D eigenvalue weighted by molar-refractivity contribution is 7.99. The van der Waals surface area contributed by atoms with Crippen molar-refractivity contribution < 1.29 is 0 Å². The third kappa shape index (κ3) is 2.99. The molecule has 0 aromatic carbocycles. The summed E-state index contributed by atoms with van der Waals surface area (Å²) in [7, 11) is 0. The number of thioether (sulfide) groups is 1. The molecule has 3 fully saturated rings. The van der Waals surface area contributed by atoms with E-state index in [1.807, 2.05) is 0 Å². The van der Waals surface area contributed by atoms with Gasteiger partial charge in [-0.3, -0.25) is 4.90 Å². The Morgan fingerprint density at radius 1 is 0.941 bits per heavy atom. The Morgan fingerprint density at radius 3 is 2.71 bits per heavy atom. The number of fused-ring (bicyclic) bond motifs is 1. The Hall–Kier alpha value is 0.270. The Morgan fingerprint density at radius 2 is 1.82 bits per heavy atom. The maximum atomic E-state index is 4.00. The van der Waals surface area contributed by atoms with E-state index in [1.165, 1.54) is 69.5 Å². The number of hydrogen-bond acceptors (Lipinski definition) is 3. The van der Waals surface area contributed by atoms with Crippen LogP contribution in [0.2, 0.25) is 0 Å². The second-order valence-corrected chi connectivity index (χ2v) is 7.08. The number of hydrogen-bond donors (Lipinski definition) is 1. The second kappa shape index (κ2) is 5.94. The predicted octanol–water partition coefficient (Wildman–Crippen LogP) is 2.49. The Kier molecular flexibility index (Phi) is 4.30. The molecule has 98 valence electrons. The van der Waals surface area contributed by atoms with Crippen molar-refractivity contribution in [1.29, 1.82) is 0 Å². The SMILES string of the molecule is C1CCC(NC2CCCN3CCSCC23)CC1. The summed E-state index contributed by atoms with van der Waals surface area (Å²) in [6.45, 7) is 2.69. The number of piperidine rings is 1. The molecule has 1 saturated carbocycles. The van der Waals surface area contributed by atoms with E-state index in [0.717, 1.165) is 18.1 Å². The van der Waals surface area contributed by atoms with Gasteiger partial charge in [-0.2, -0.15) is 11.8 Å². The van der Waals surface area contributed by atoms with Crippen molar-refractivity contribution in [2.45, 2.75) is 63.1 Å². The van der Waals surface area contributed by atoms with E-state index >= 15 is 0 Å². The van der Waals surface area contributed by atoms with E-state index in [1.54, 1.807) is 0 Å². The van der Waals surface area contributed by atoms with Gasteiger partial charge in [-0.05, 0) is 32.2 Å². The van der Waals surface area contributed by atoms with Crippen molar-refractivity contribution in [2.24, 2.45) is 0 Å². The fraction of sp³-hybridized carbons (Fsp3) is 1.00. The van der Waals surface area contributed by atoms with Gasteiger partial charge >= 0.3 is 0 Å². The normalized spacial score (nSPS) is 36.7. The summed E-state index contributed by atoms with van der Waals surface area (Å²) in [6.07, 6.45) is 10.0. The van der Waals surface area contributed by atoms with E-state index in [4.69, 9.17) is 0 Å². The first-order valence-corrected chi connectivity index (χ1v) is 8.67. The summed E-state index contributed by atoms with van der Waals surface area (Å²) >= 11 is 2.16. The standard InChI is InChI=1S/C14H26N2S/c1-2-5-12(6-3-1)15-13-7-4-8-16-9-10-17-11-14(13)16/h12-15H,1-11H2. The molecule has 2 saturated heterocycles. The second-order valence-electron chi connectivity index (χ2n) is 5.93. The van der Waals surface area contributed by atoms with Crippen molar-refractivity contribution >= 4 is 11.8 Å². The largest absolute Gasteiger partial charge is 0.310 e. The van der Waals surface area contributed by atoms with Crippen LogP contribution in [-0.4, -0.2) is 47.6 Å². The molecule has 3 heteroatoms. The van der Waals surface area contributed by atoms with Gasteiger partial charge in [0, 0.05) is 36.2 Å². The fourth-order valence-electron chi connectivity index (χ4n) is 3.78. The summed E-state index contributed by atoms with van der Waals surface area (Å²) < 4.78 is 0. The fourth-order valence-corrected chi connectivity index (χ4v) is 4.99. The van der Waals surface area contributed by atoms with Gasteiger partial charge in [0.05, 0.1) is 0 Å². The lowest BCUT2D eigenvalue weighted by molar-refractivity contribution is 0.119.